The minimum Gasteiger partial charge on any atom is -0.353 e. The van der Waals surface area contributed by atoms with Gasteiger partial charge in [0.25, 0.3) is 0 Å². The Hall–Kier alpha value is -1.26. The summed E-state index contributed by atoms with van der Waals surface area (Å²) in [5.41, 5.74) is 0. The number of carbonyl (C=O) groups excluding carboxylic acids is 2. The van der Waals surface area contributed by atoms with Gasteiger partial charge in [0, 0.05) is 32.6 Å². The van der Waals surface area contributed by atoms with E-state index in [9.17, 15) is 9.59 Å². The molecule has 2 N–H and O–H groups in total. The molecule has 0 aromatic carbocycles. The average Bonchev–Trinajstić information content (AvgIpc) is 2.18. The number of likely N-dealkylation sites (tertiary alicyclic amines) is 1. The molecule has 0 radical (unpaired) electrons. The van der Waals surface area contributed by atoms with Gasteiger partial charge in [-0.1, -0.05) is 0 Å². The molecule has 0 unspecified atom stereocenters. The van der Waals surface area contributed by atoms with Crippen molar-refractivity contribution < 1.29 is 9.59 Å². The molecule has 15 heavy (non-hydrogen) atoms. The molecule has 1 aliphatic heterocycles. The first-order chi connectivity index (χ1) is 7.13. The zero-order chi connectivity index (χ0) is 11.3. The minimum atomic E-state index is -0.00113. The summed E-state index contributed by atoms with van der Waals surface area (Å²) in [7, 11) is 0. The lowest BCUT2D eigenvalue weighted by molar-refractivity contribution is -0.119. The van der Waals surface area contributed by atoms with Gasteiger partial charge in [0.1, 0.15) is 0 Å². The Bertz CT molecular complexity index is 235. The summed E-state index contributed by atoms with van der Waals surface area (Å²) >= 11 is 0. The van der Waals surface area contributed by atoms with E-state index < -0.39 is 0 Å². The zero-order valence-electron chi connectivity index (χ0n) is 9.38. The van der Waals surface area contributed by atoms with Crippen LogP contribution in [0, 0.1) is 0 Å². The fourth-order valence-corrected chi connectivity index (χ4v) is 1.78. The number of nitrogens with one attached hydrogen (secondary N) is 2. The molecule has 0 saturated carbocycles. The van der Waals surface area contributed by atoms with Crippen LogP contribution in [0.25, 0.3) is 0 Å². The molecular weight excluding hydrogens is 194 g/mol. The lowest BCUT2D eigenvalue weighted by atomic mass is 10.1. The number of carbonyl (C=O) groups is 2. The molecule has 1 aliphatic rings. The number of hydrogen-bond acceptors (Lipinski definition) is 2. The Balaban J connectivity index is 2.29. The van der Waals surface area contributed by atoms with Crippen molar-refractivity contribution >= 4 is 11.9 Å². The van der Waals surface area contributed by atoms with E-state index in [1.54, 1.807) is 4.90 Å². The summed E-state index contributed by atoms with van der Waals surface area (Å²) in [4.78, 5) is 24.1. The largest absolute Gasteiger partial charge is 0.353 e. The number of urea groups is 1. The molecule has 0 atom stereocenters. The summed E-state index contributed by atoms with van der Waals surface area (Å²) in [5.74, 6) is 0.00598. The van der Waals surface area contributed by atoms with Crippen molar-refractivity contribution in [3.63, 3.8) is 0 Å². The maximum atomic E-state index is 11.5. The van der Waals surface area contributed by atoms with Crippen molar-refractivity contribution in [1.82, 2.24) is 15.5 Å². The molecule has 0 bridgehead atoms. The number of amides is 3. The third-order valence-electron chi connectivity index (χ3n) is 2.52. The van der Waals surface area contributed by atoms with Crippen molar-refractivity contribution in [2.45, 2.75) is 32.7 Å². The lowest BCUT2D eigenvalue weighted by Crippen LogP contribution is -2.49. The second-order valence-corrected chi connectivity index (χ2v) is 3.80. The maximum Gasteiger partial charge on any atom is 0.317 e. The van der Waals surface area contributed by atoms with Gasteiger partial charge in [-0.3, -0.25) is 4.79 Å². The Kier molecular flexibility index (Phi) is 4.39. The molecule has 0 spiro atoms. The predicted octanol–water partition coefficient (Wildman–Crippen LogP) is 0.316. The number of nitrogens with zero attached hydrogens (tertiary/aromatic N) is 1. The van der Waals surface area contributed by atoms with Crippen LogP contribution >= 0.6 is 0 Å². The summed E-state index contributed by atoms with van der Waals surface area (Å²) in [6, 6.07) is 0.229. The lowest BCUT2D eigenvalue weighted by Gasteiger charge is -2.32. The van der Waals surface area contributed by atoms with Gasteiger partial charge >= 0.3 is 6.03 Å². The second-order valence-electron chi connectivity index (χ2n) is 3.80. The third kappa shape index (κ3) is 3.77. The highest BCUT2D eigenvalue weighted by atomic mass is 16.2. The second kappa shape index (κ2) is 5.58. The van der Waals surface area contributed by atoms with E-state index in [0.29, 0.717) is 6.54 Å². The van der Waals surface area contributed by atoms with E-state index in [-0.39, 0.29) is 18.0 Å². The first-order valence-corrected chi connectivity index (χ1v) is 5.43. The van der Waals surface area contributed by atoms with Gasteiger partial charge in [-0.2, -0.15) is 0 Å². The van der Waals surface area contributed by atoms with Crippen LogP contribution in [-0.4, -0.2) is 42.5 Å². The quantitative estimate of drug-likeness (QED) is 0.693. The third-order valence-corrected chi connectivity index (χ3v) is 2.52. The van der Waals surface area contributed by atoms with E-state index in [1.165, 1.54) is 6.92 Å². The van der Waals surface area contributed by atoms with Crippen molar-refractivity contribution in [3.8, 4) is 0 Å². The van der Waals surface area contributed by atoms with Gasteiger partial charge in [-0.05, 0) is 19.8 Å². The van der Waals surface area contributed by atoms with Crippen LogP contribution in [0.3, 0.4) is 0 Å². The topological polar surface area (TPSA) is 61.4 Å². The molecule has 0 aromatic rings. The van der Waals surface area contributed by atoms with Gasteiger partial charge in [0.15, 0.2) is 0 Å². The normalized spacial score (nSPS) is 17.3. The fourth-order valence-electron chi connectivity index (χ4n) is 1.78. The standard InChI is InChI=1S/C10H19N3O2/c1-3-11-10(15)13-6-4-9(5-7-13)12-8(2)14/h9H,3-7H2,1-2H3,(H,11,15)(H,12,14). The van der Waals surface area contributed by atoms with Crippen LogP contribution in [0.2, 0.25) is 0 Å². The Morgan fingerprint density at radius 2 is 1.93 bits per heavy atom. The molecular formula is C10H19N3O2. The predicted molar refractivity (Wildman–Crippen MR) is 57.5 cm³/mol. The molecule has 0 aromatic heterocycles. The average molecular weight is 213 g/mol. The first-order valence-electron chi connectivity index (χ1n) is 5.43. The van der Waals surface area contributed by atoms with Gasteiger partial charge in [-0.15, -0.1) is 0 Å². The van der Waals surface area contributed by atoms with Crippen LogP contribution in [0.4, 0.5) is 4.79 Å². The van der Waals surface area contributed by atoms with Crippen LogP contribution in [0.15, 0.2) is 0 Å². The molecule has 0 aliphatic carbocycles. The summed E-state index contributed by atoms with van der Waals surface area (Å²) in [6.07, 6.45) is 1.69. The smallest absolute Gasteiger partial charge is 0.317 e. The number of rotatable bonds is 2. The fraction of sp³-hybridized carbons (Fsp3) is 0.800. The summed E-state index contributed by atoms with van der Waals surface area (Å²) < 4.78 is 0. The van der Waals surface area contributed by atoms with Gasteiger partial charge in [-0.25, -0.2) is 4.79 Å². The molecule has 5 nitrogen and oxygen atoms in total. The van der Waals surface area contributed by atoms with Crippen molar-refractivity contribution in [3.05, 3.63) is 0 Å². The van der Waals surface area contributed by atoms with Crippen molar-refractivity contribution in [1.29, 1.82) is 0 Å². The molecule has 1 heterocycles. The highest BCUT2D eigenvalue weighted by Gasteiger charge is 2.22. The van der Waals surface area contributed by atoms with Crippen LogP contribution in [0.1, 0.15) is 26.7 Å². The van der Waals surface area contributed by atoms with Crippen molar-refractivity contribution in [2.75, 3.05) is 19.6 Å². The molecule has 86 valence electrons. The molecule has 1 fully saturated rings. The Morgan fingerprint density at radius 1 is 1.33 bits per heavy atom. The summed E-state index contributed by atoms with van der Waals surface area (Å²) in [6.45, 7) is 5.52. The van der Waals surface area contributed by atoms with Gasteiger partial charge in [0.05, 0.1) is 0 Å². The molecule has 3 amide bonds. The zero-order valence-corrected chi connectivity index (χ0v) is 9.38. The van der Waals surface area contributed by atoms with E-state index in [2.05, 4.69) is 10.6 Å². The van der Waals surface area contributed by atoms with Crippen LogP contribution in [-0.2, 0) is 4.79 Å². The van der Waals surface area contributed by atoms with Crippen LogP contribution < -0.4 is 10.6 Å². The van der Waals surface area contributed by atoms with E-state index in [1.807, 2.05) is 6.92 Å². The summed E-state index contributed by atoms with van der Waals surface area (Å²) in [5, 5.41) is 5.65. The number of hydrogen-bond donors (Lipinski definition) is 2. The van der Waals surface area contributed by atoms with E-state index >= 15 is 0 Å². The van der Waals surface area contributed by atoms with Gasteiger partial charge < -0.3 is 15.5 Å². The van der Waals surface area contributed by atoms with E-state index in [4.69, 9.17) is 0 Å². The number of piperidine rings is 1. The maximum absolute atomic E-state index is 11.5. The SMILES string of the molecule is CCNC(=O)N1CCC(NC(C)=O)CC1. The monoisotopic (exact) mass is 213 g/mol. The molecule has 1 rings (SSSR count). The highest BCUT2D eigenvalue weighted by molar-refractivity contribution is 5.74. The Labute approximate surface area is 90.2 Å². The van der Waals surface area contributed by atoms with Crippen LogP contribution in [0.5, 0.6) is 0 Å². The van der Waals surface area contributed by atoms with Gasteiger partial charge in [0.2, 0.25) is 5.91 Å². The minimum absolute atomic E-state index is 0.00113. The first kappa shape index (κ1) is 11.8. The Morgan fingerprint density at radius 3 is 2.40 bits per heavy atom. The highest BCUT2D eigenvalue weighted by Crippen LogP contribution is 2.10. The van der Waals surface area contributed by atoms with Crippen molar-refractivity contribution in [2.24, 2.45) is 0 Å². The molecule has 1 saturated heterocycles. The van der Waals surface area contributed by atoms with E-state index in [0.717, 1.165) is 25.9 Å². The molecule has 5 heteroatoms.